The van der Waals surface area contributed by atoms with E-state index in [1.54, 1.807) is 0 Å². The molecule has 1 saturated heterocycles. The zero-order valence-corrected chi connectivity index (χ0v) is 8.01. The van der Waals surface area contributed by atoms with Crippen molar-refractivity contribution in [2.45, 2.75) is 25.1 Å². The molecule has 1 aliphatic rings. The quantitative estimate of drug-likeness (QED) is 0.780. The minimum absolute atomic E-state index is 0.0276. The summed E-state index contributed by atoms with van der Waals surface area (Å²) in [4.78, 5) is 3.64. The van der Waals surface area contributed by atoms with Crippen LogP contribution < -0.4 is 5.32 Å². The second-order valence-corrected chi connectivity index (χ2v) is 3.65. The van der Waals surface area contributed by atoms with Crippen molar-refractivity contribution in [2.75, 3.05) is 6.54 Å². The number of alkyl halides is 3. The summed E-state index contributed by atoms with van der Waals surface area (Å²) < 4.78 is 37.2. The Hall–Kier alpha value is -1.10. The van der Waals surface area contributed by atoms with E-state index >= 15 is 0 Å². The Kier molecular flexibility index (Phi) is 2.65. The summed E-state index contributed by atoms with van der Waals surface area (Å²) in [5, 5.41) is 3.14. The zero-order valence-electron chi connectivity index (χ0n) is 8.01. The fourth-order valence-electron chi connectivity index (χ4n) is 1.77. The second kappa shape index (κ2) is 3.81. The van der Waals surface area contributed by atoms with Crippen molar-refractivity contribution in [2.24, 2.45) is 0 Å². The van der Waals surface area contributed by atoms with Crippen molar-refractivity contribution >= 4 is 0 Å². The van der Waals surface area contributed by atoms with Crippen LogP contribution >= 0.6 is 0 Å². The highest BCUT2D eigenvalue weighted by molar-refractivity contribution is 5.23. The van der Waals surface area contributed by atoms with Gasteiger partial charge in [0.25, 0.3) is 0 Å². The van der Waals surface area contributed by atoms with Gasteiger partial charge in [-0.15, -0.1) is 0 Å². The van der Waals surface area contributed by atoms with E-state index in [0.717, 1.165) is 25.6 Å². The maximum Gasteiger partial charge on any atom is 0.417 e. The topological polar surface area (TPSA) is 24.9 Å². The number of halogens is 3. The lowest BCUT2D eigenvalue weighted by atomic mass is 10.1. The van der Waals surface area contributed by atoms with Crippen LogP contribution in [0.5, 0.6) is 0 Å². The number of nitrogens with one attached hydrogen (secondary N) is 1. The van der Waals surface area contributed by atoms with Crippen molar-refractivity contribution in [1.82, 2.24) is 10.3 Å². The van der Waals surface area contributed by atoms with Crippen LogP contribution in [0.2, 0.25) is 0 Å². The van der Waals surface area contributed by atoms with Gasteiger partial charge in [-0.1, -0.05) is 0 Å². The minimum Gasteiger partial charge on any atom is -0.310 e. The van der Waals surface area contributed by atoms with Gasteiger partial charge >= 0.3 is 6.18 Å². The molecule has 15 heavy (non-hydrogen) atoms. The van der Waals surface area contributed by atoms with E-state index in [1.165, 1.54) is 12.3 Å². The summed E-state index contributed by atoms with van der Waals surface area (Å²) in [7, 11) is 0. The maximum absolute atomic E-state index is 12.4. The summed E-state index contributed by atoms with van der Waals surface area (Å²) in [6, 6.07) is 1.20. The fourth-order valence-corrected chi connectivity index (χ4v) is 1.77. The van der Waals surface area contributed by atoms with E-state index in [0.29, 0.717) is 5.56 Å². The van der Waals surface area contributed by atoms with E-state index in [2.05, 4.69) is 10.3 Å². The molecule has 0 saturated carbocycles. The van der Waals surface area contributed by atoms with Crippen molar-refractivity contribution in [3.63, 3.8) is 0 Å². The largest absolute Gasteiger partial charge is 0.417 e. The first-order chi connectivity index (χ1) is 7.07. The number of nitrogens with zero attached hydrogens (tertiary/aromatic N) is 1. The minimum atomic E-state index is -4.30. The molecule has 1 fully saturated rings. The standard InChI is InChI=1S/C10H11F3N2/c11-10(12,13)8-4-7(5-14-6-8)9-2-1-3-15-9/h4-6,9,15H,1-3H2/t9-/m0/s1. The molecule has 0 bridgehead atoms. The Bertz CT molecular complexity index is 343. The van der Waals surface area contributed by atoms with E-state index in [4.69, 9.17) is 0 Å². The van der Waals surface area contributed by atoms with Gasteiger partial charge in [-0.25, -0.2) is 0 Å². The van der Waals surface area contributed by atoms with E-state index < -0.39 is 11.7 Å². The number of hydrogen-bond acceptors (Lipinski definition) is 2. The normalized spacial score (nSPS) is 21.9. The predicted octanol–water partition coefficient (Wildman–Crippen LogP) is 2.52. The first-order valence-electron chi connectivity index (χ1n) is 4.83. The first kappa shape index (κ1) is 10.4. The lowest BCUT2D eigenvalue weighted by Crippen LogP contribution is -2.14. The number of aromatic nitrogens is 1. The Morgan fingerprint density at radius 3 is 2.73 bits per heavy atom. The van der Waals surface area contributed by atoms with Gasteiger partial charge in [-0.3, -0.25) is 4.98 Å². The van der Waals surface area contributed by atoms with Gasteiger partial charge in [0.15, 0.2) is 0 Å². The van der Waals surface area contributed by atoms with Crippen LogP contribution in [-0.2, 0) is 6.18 Å². The van der Waals surface area contributed by atoms with Crippen LogP contribution in [0.1, 0.15) is 30.0 Å². The molecule has 1 aromatic rings. The highest BCUT2D eigenvalue weighted by Gasteiger charge is 2.31. The number of pyridine rings is 1. The molecule has 0 aliphatic carbocycles. The van der Waals surface area contributed by atoms with E-state index in [9.17, 15) is 13.2 Å². The Morgan fingerprint density at radius 1 is 1.33 bits per heavy atom. The highest BCUT2D eigenvalue weighted by atomic mass is 19.4. The molecule has 0 radical (unpaired) electrons. The summed E-state index contributed by atoms with van der Waals surface area (Å²) >= 11 is 0. The Morgan fingerprint density at radius 2 is 2.13 bits per heavy atom. The molecule has 0 amide bonds. The molecule has 0 aromatic carbocycles. The molecule has 0 unspecified atom stereocenters. The third kappa shape index (κ3) is 2.28. The fraction of sp³-hybridized carbons (Fsp3) is 0.500. The van der Waals surface area contributed by atoms with Crippen molar-refractivity contribution in [3.8, 4) is 0 Å². The van der Waals surface area contributed by atoms with Gasteiger partial charge in [0, 0.05) is 18.4 Å². The van der Waals surface area contributed by atoms with E-state index in [1.807, 2.05) is 0 Å². The van der Waals surface area contributed by atoms with Gasteiger partial charge in [-0.05, 0) is 31.0 Å². The zero-order chi connectivity index (χ0) is 10.9. The van der Waals surface area contributed by atoms with Gasteiger partial charge in [0.2, 0.25) is 0 Å². The molecule has 1 aromatic heterocycles. The molecule has 1 aliphatic heterocycles. The molecule has 2 heterocycles. The third-order valence-electron chi connectivity index (χ3n) is 2.55. The van der Waals surface area contributed by atoms with Gasteiger partial charge < -0.3 is 5.32 Å². The molecular formula is C10H11F3N2. The molecule has 1 atom stereocenters. The Balaban J connectivity index is 2.26. The summed E-state index contributed by atoms with van der Waals surface area (Å²) in [5.41, 5.74) is -0.0453. The van der Waals surface area contributed by atoms with Crippen LogP contribution in [0, 0.1) is 0 Å². The SMILES string of the molecule is FC(F)(F)c1cncc([C@@H]2CCCN2)c1. The van der Waals surface area contributed by atoms with Crippen LogP contribution in [0.3, 0.4) is 0 Å². The van der Waals surface area contributed by atoms with Crippen molar-refractivity contribution in [3.05, 3.63) is 29.6 Å². The van der Waals surface area contributed by atoms with Crippen LogP contribution in [0.25, 0.3) is 0 Å². The van der Waals surface area contributed by atoms with Crippen molar-refractivity contribution in [1.29, 1.82) is 0 Å². The van der Waals surface area contributed by atoms with Crippen LogP contribution in [0.15, 0.2) is 18.5 Å². The number of hydrogen-bond donors (Lipinski definition) is 1. The molecule has 1 N–H and O–H groups in total. The second-order valence-electron chi connectivity index (χ2n) is 3.65. The van der Waals surface area contributed by atoms with Crippen molar-refractivity contribution < 1.29 is 13.2 Å². The third-order valence-corrected chi connectivity index (χ3v) is 2.55. The first-order valence-corrected chi connectivity index (χ1v) is 4.83. The predicted molar refractivity (Wildman–Crippen MR) is 49.2 cm³/mol. The average molecular weight is 216 g/mol. The van der Waals surface area contributed by atoms with Crippen LogP contribution in [-0.4, -0.2) is 11.5 Å². The molecule has 82 valence electrons. The molecule has 2 nitrogen and oxygen atoms in total. The highest BCUT2D eigenvalue weighted by Crippen LogP contribution is 2.31. The lowest BCUT2D eigenvalue weighted by Gasteiger charge is -2.12. The lowest BCUT2D eigenvalue weighted by molar-refractivity contribution is -0.137. The Labute approximate surface area is 85.5 Å². The summed E-state index contributed by atoms with van der Waals surface area (Å²) in [6.45, 7) is 0.862. The van der Waals surface area contributed by atoms with Crippen LogP contribution in [0.4, 0.5) is 13.2 Å². The molecular weight excluding hydrogens is 205 g/mol. The van der Waals surface area contributed by atoms with E-state index in [-0.39, 0.29) is 6.04 Å². The maximum atomic E-state index is 12.4. The summed E-state index contributed by atoms with van der Waals surface area (Å²) in [5.74, 6) is 0. The molecule has 0 spiro atoms. The smallest absolute Gasteiger partial charge is 0.310 e. The van der Waals surface area contributed by atoms with Gasteiger partial charge in [-0.2, -0.15) is 13.2 Å². The monoisotopic (exact) mass is 216 g/mol. The van der Waals surface area contributed by atoms with Gasteiger partial charge in [0.05, 0.1) is 5.56 Å². The molecule has 2 rings (SSSR count). The summed E-state index contributed by atoms with van der Waals surface area (Å²) in [6.07, 6.45) is -0.0673. The number of rotatable bonds is 1. The molecule has 5 heteroatoms. The van der Waals surface area contributed by atoms with Gasteiger partial charge in [0.1, 0.15) is 0 Å². The average Bonchev–Trinajstić information content (AvgIpc) is 2.69.